The molecular formula is C20H23N5O. The molecule has 1 aliphatic heterocycles. The van der Waals surface area contributed by atoms with E-state index < -0.39 is 0 Å². The van der Waals surface area contributed by atoms with Crippen molar-refractivity contribution in [2.75, 3.05) is 0 Å². The highest BCUT2D eigenvalue weighted by atomic mass is 16.5. The summed E-state index contributed by atoms with van der Waals surface area (Å²) in [6.07, 6.45) is 5.65. The van der Waals surface area contributed by atoms with Crippen LogP contribution in [0.15, 0.2) is 48.8 Å². The molecule has 3 heterocycles. The summed E-state index contributed by atoms with van der Waals surface area (Å²) in [5.41, 5.74) is 2.37. The van der Waals surface area contributed by atoms with Gasteiger partial charge in [-0.25, -0.2) is 9.67 Å². The number of nitrogens with zero attached hydrogens (tertiary/aromatic N) is 4. The van der Waals surface area contributed by atoms with Gasteiger partial charge < -0.3 is 10.1 Å². The number of aryl methyl sites for hydroxylation is 2. The standard InChI is InChI=1S/C20H23N5O/c1-15-23-20-7-4-18(13-25(20)24-15)22-12-16-2-5-19(6-3-16)26-14-17-8-10-21-11-9-17/h2-3,5-6,8-11,18,22H,4,7,12-14H2,1H3. The highest BCUT2D eigenvalue weighted by Crippen LogP contribution is 2.16. The van der Waals surface area contributed by atoms with Gasteiger partial charge in [0.2, 0.25) is 0 Å². The predicted octanol–water partition coefficient (Wildman–Crippen LogP) is 2.67. The molecule has 2 aromatic heterocycles. The molecule has 0 bridgehead atoms. The zero-order valence-electron chi connectivity index (χ0n) is 14.9. The van der Waals surface area contributed by atoms with Crippen LogP contribution in [-0.2, 0) is 26.1 Å². The van der Waals surface area contributed by atoms with Crippen LogP contribution in [0.4, 0.5) is 0 Å². The minimum atomic E-state index is 0.436. The van der Waals surface area contributed by atoms with Crippen LogP contribution in [0.3, 0.4) is 0 Å². The molecule has 134 valence electrons. The molecule has 1 atom stereocenters. The molecule has 0 saturated heterocycles. The van der Waals surface area contributed by atoms with E-state index in [9.17, 15) is 0 Å². The Labute approximate surface area is 153 Å². The third-order valence-electron chi connectivity index (χ3n) is 4.64. The van der Waals surface area contributed by atoms with Gasteiger partial charge in [-0.3, -0.25) is 4.98 Å². The van der Waals surface area contributed by atoms with E-state index in [1.54, 1.807) is 12.4 Å². The molecule has 4 rings (SSSR count). The van der Waals surface area contributed by atoms with Gasteiger partial charge in [-0.15, -0.1) is 0 Å². The van der Waals surface area contributed by atoms with Crippen molar-refractivity contribution >= 4 is 0 Å². The number of hydrogen-bond acceptors (Lipinski definition) is 5. The summed E-state index contributed by atoms with van der Waals surface area (Å²) in [5.74, 6) is 2.85. The summed E-state index contributed by atoms with van der Waals surface area (Å²) in [4.78, 5) is 8.47. The monoisotopic (exact) mass is 349 g/mol. The Morgan fingerprint density at radius 2 is 1.92 bits per heavy atom. The summed E-state index contributed by atoms with van der Waals surface area (Å²) in [6, 6.07) is 12.6. The minimum absolute atomic E-state index is 0.436. The van der Waals surface area contributed by atoms with Gasteiger partial charge in [-0.1, -0.05) is 12.1 Å². The van der Waals surface area contributed by atoms with E-state index in [2.05, 4.69) is 32.5 Å². The van der Waals surface area contributed by atoms with Gasteiger partial charge in [-0.05, 0) is 48.7 Å². The molecule has 0 spiro atoms. The van der Waals surface area contributed by atoms with Crippen LogP contribution in [0.25, 0.3) is 0 Å². The van der Waals surface area contributed by atoms with Crippen LogP contribution >= 0.6 is 0 Å². The number of fused-ring (bicyclic) bond motifs is 1. The zero-order valence-corrected chi connectivity index (χ0v) is 14.9. The second kappa shape index (κ2) is 7.66. The lowest BCUT2D eigenvalue weighted by Gasteiger charge is -2.23. The lowest BCUT2D eigenvalue weighted by Crippen LogP contribution is -2.37. The molecular weight excluding hydrogens is 326 g/mol. The maximum atomic E-state index is 5.82. The Morgan fingerprint density at radius 1 is 1.12 bits per heavy atom. The van der Waals surface area contributed by atoms with Gasteiger partial charge in [0.1, 0.15) is 24.0 Å². The minimum Gasteiger partial charge on any atom is -0.489 e. The fourth-order valence-electron chi connectivity index (χ4n) is 3.21. The van der Waals surface area contributed by atoms with E-state index in [0.717, 1.165) is 48.9 Å². The third-order valence-corrected chi connectivity index (χ3v) is 4.64. The second-order valence-corrected chi connectivity index (χ2v) is 6.66. The summed E-state index contributed by atoms with van der Waals surface area (Å²) < 4.78 is 7.85. The van der Waals surface area contributed by atoms with Gasteiger partial charge in [0, 0.05) is 31.4 Å². The quantitative estimate of drug-likeness (QED) is 0.741. The average Bonchev–Trinajstić information content (AvgIpc) is 3.05. The Bertz CT molecular complexity index is 844. The molecule has 0 aliphatic carbocycles. The molecule has 0 saturated carbocycles. The summed E-state index contributed by atoms with van der Waals surface area (Å²) in [7, 11) is 0. The van der Waals surface area contributed by atoms with Gasteiger partial charge >= 0.3 is 0 Å². The zero-order chi connectivity index (χ0) is 17.8. The first-order chi connectivity index (χ1) is 12.8. The van der Waals surface area contributed by atoms with Crippen LogP contribution in [0.2, 0.25) is 0 Å². The van der Waals surface area contributed by atoms with Crippen LogP contribution in [0.1, 0.15) is 29.2 Å². The average molecular weight is 349 g/mol. The molecule has 0 radical (unpaired) electrons. The number of hydrogen-bond donors (Lipinski definition) is 1. The smallest absolute Gasteiger partial charge is 0.147 e. The molecule has 6 heteroatoms. The van der Waals surface area contributed by atoms with Crippen molar-refractivity contribution in [3.63, 3.8) is 0 Å². The van der Waals surface area contributed by atoms with Crippen LogP contribution in [0.5, 0.6) is 5.75 Å². The van der Waals surface area contributed by atoms with E-state index in [1.807, 2.05) is 35.9 Å². The van der Waals surface area contributed by atoms with Gasteiger partial charge in [-0.2, -0.15) is 5.10 Å². The van der Waals surface area contributed by atoms with Crippen molar-refractivity contribution in [2.24, 2.45) is 0 Å². The van der Waals surface area contributed by atoms with E-state index >= 15 is 0 Å². The number of benzene rings is 1. The number of rotatable bonds is 6. The third kappa shape index (κ3) is 4.08. The fraction of sp³-hybridized carbons (Fsp3) is 0.350. The van der Waals surface area contributed by atoms with Crippen LogP contribution < -0.4 is 10.1 Å². The van der Waals surface area contributed by atoms with Crippen molar-refractivity contribution < 1.29 is 4.74 Å². The van der Waals surface area contributed by atoms with E-state index in [4.69, 9.17) is 4.74 Å². The maximum Gasteiger partial charge on any atom is 0.147 e. The molecule has 3 aromatic rings. The molecule has 26 heavy (non-hydrogen) atoms. The lowest BCUT2D eigenvalue weighted by atomic mass is 10.1. The predicted molar refractivity (Wildman–Crippen MR) is 98.7 cm³/mol. The molecule has 1 aromatic carbocycles. The molecule has 0 fully saturated rings. The first kappa shape index (κ1) is 16.7. The maximum absolute atomic E-state index is 5.82. The normalized spacial score (nSPS) is 16.3. The highest BCUT2D eigenvalue weighted by molar-refractivity contribution is 5.27. The Hall–Kier alpha value is -2.73. The van der Waals surface area contributed by atoms with Gasteiger partial charge in [0.15, 0.2) is 0 Å². The SMILES string of the molecule is Cc1nc2n(n1)CC(NCc1ccc(OCc3ccncc3)cc1)CC2. The molecule has 0 amide bonds. The number of aromatic nitrogens is 4. The summed E-state index contributed by atoms with van der Waals surface area (Å²) in [6.45, 7) is 4.25. The number of ether oxygens (including phenoxy) is 1. The van der Waals surface area contributed by atoms with Crippen LogP contribution in [0, 0.1) is 6.92 Å². The second-order valence-electron chi connectivity index (χ2n) is 6.66. The molecule has 6 nitrogen and oxygen atoms in total. The van der Waals surface area contributed by atoms with Crippen molar-refractivity contribution in [1.82, 2.24) is 25.1 Å². The lowest BCUT2D eigenvalue weighted by molar-refractivity contribution is 0.306. The topological polar surface area (TPSA) is 64.9 Å². The summed E-state index contributed by atoms with van der Waals surface area (Å²) >= 11 is 0. The first-order valence-corrected chi connectivity index (χ1v) is 9.00. The van der Waals surface area contributed by atoms with Crippen LogP contribution in [-0.4, -0.2) is 25.8 Å². The Morgan fingerprint density at radius 3 is 2.73 bits per heavy atom. The van der Waals surface area contributed by atoms with Crippen molar-refractivity contribution in [3.8, 4) is 5.75 Å². The molecule has 1 aliphatic rings. The largest absolute Gasteiger partial charge is 0.489 e. The number of nitrogens with one attached hydrogen (secondary N) is 1. The van der Waals surface area contributed by atoms with Gasteiger partial charge in [0.25, 0.3) is 0 Å². The first-order valence-electron chi connectivity index (χ1n) is 9.00. The molecule has 1 N–H and O–H groups in total. The van der Waals surface area contributed by atoms with E-state index in [1.165, 1.54) is 5.56 Å². The molecule has 1 unspecified atom stereocenters. The van der Waals surface area contributed by atoms with E-state index in [0.29, 0.717) is 12.6 Å². The van der Waals surface area contributed by atoms with Gasteiger partial charge in [0.05, 0.1) is 6.54 Å². The van der Waals surface area contributed by atoms with Crippen molar-refractivity contribution in [3.05, 3.63) is 71.6 Å². The Balaban J connectivity index is 1.27. The van der Waals surface area contributed by atoms with Crippen molar-refractivity contribution in [1.29, 1.82) is 0 Å². The van der Waals surface area contributed by atoms with Crippen molar-refractivity contribution in [2.45, 2.75) is 45.5 Å². The Kier molecular flexibility index (Phi) is 4.93. The number of pyridine rings is 1. The summed E-state index contributed by atoms with van der Waals surface area (Å²) in [5, 5.41) is 8.09. The van der Waals surface area contributed by atoms with E-state index in [-0.39, 0.29) is 0 Å². The fourth-order valence-corrected chi connectivity index (χ4v) is 3.21. The highest BCUT2D eigenvalue weighted by Gasteiger charge is 2.20.